The number of rotatable bonds is 14. The van der Waals surface area contributed by atoms with Gasteiger partial charge in [0.25, 0.3) is 20.2 Å². The van der Waals surface area contributed by atoms with Crippen LogP contribution in [0.3, 0.4) is 0 Å². The lowest BCUT2D eigenvalue weighted by Crippen LogP contribution is -2.24. The molecule has 0 aliphatic rings. The molecule has 0 saturated heterocycles. The summed E-state index contributed by atoms with van der Waals surface area (Å²) in [6.07, 6.45) is 7.57. The molecule has 0 amide bonds. The van der Waals surface area contributed by atoms with Crippen molar-refractivity contribution in [3.05, 3.63) is 0 Å². The minimum absolute atomic E-state index is 0.233. The monoisotopic (exact) mass is 403 g/mol. The molecule has 0 spiro atoms. The van der Waals surface area contributed by atoms with E-state index in [9.17, 15) is 16.8 Å². The Hall–Kier alpha value is -0.220. The van der Waals surface area contributed by atoms with E-state index < -0.39 is 20.2 Å². The molecule has 0 atom stereocenters. The summed E-state index contributed by atoms with van der Waals surface area (Å²) in [6.45, 7) is 6.83. The van der Waals surface area contributed by atoms with Crippen molar-refractivity contribution in [3.8, 4) is 0 Å². The van der Waals surface area contributed by atoms with Crippen molar-refractivity contribution in [1.82, 2.24) is 0 Å². The van der Waals surface area contributed by atoms with E-state index in [1.165, 1.54) is 0 Å². The Bertz CT molecular complexity index is 483. The first-order valence-corrected chi connectivity index (χ1v) is 12.3. The fourth-order valence-corrected chi connectivity index (χ4v) is 3.96. The van der Waals surface area contributed by atoms with Crippen molar-refractivity contribution in [3.63, 3.8) is 0 Å². The van der Waals surface area contributed by atoms with Gasteiger partial charge in [0.15, 0.2) is 0 Å². The van der Waals surface area contributed by atoms with Gasteiger partial charge in [-0.3, -0.25) is 8.74 Å². The van der Waals surface area contributed by atoms with Gasteiger partial charge in [-0.2, -0.15) is 16.8 Å². The van der Waals surface area contributed by atoms with Crippen LogP contribution in [-0.2, 0) is 24.4 Å². The van der Waals surface area contributed by atoms with Crippen LogP contribution in [0.2, 0.25) is 0 Å². The lowest BCUT2D eigenvalue weighted by Gasteiger charge is -2.16. The first-order chi connectivity index (χ1) is 11.6. The van der Waals surface area contributed by atoms with Crippen LogP contribution in [0, 0.1) is 0 Å². The molecular weight excluding hydrogens is 366 g/mol. The molecule has 0 bridgehead atoms. The van der Waals surface area contributed by atoms with Crippen LogP contribution in [-0.4, -0.2) is 45.5 Å². The molecule has 0 saturated carbocycles. The predicted molar refractivity (Wildman–Crippen MR) is 103 cm³/mol. The highest BCUT2D eigenvalue weighted by molar-refractivity contribution is 7.87. The number of unbranched alkanes of at least 4 members (excludes halogenated alkanes) is 3. The van der Waals surface area contributed by atoms with Gasteiger partial charge in [-0.05, 0) is 32.2 Å². The van der Waals surface area contributed by atoms with Crippen LogP contribution >= 0.6 is 0 Å². The minimum atomic E-state index is -3.77. The summed E-state index contributed by atoms with van der Waals surface area (Å²) in [4.78, 5) is 0. The summed E-state index contributed by atoms with van der Waals surface area (Å²) in [5, 5.41) is -0.292. The van der Waals surface area contributed by atoms with Gasteiger partial charge in [0.1, 0.15) is 0 Å². The Labute approximate surface area is 154 Å². The third-order valence-electron chi connectivity index (χ3n) is 3.52. The van der Waals surface area contributed by atoms with E-state index >= 15 is 0 Å². The maximum absolute atomic E-state index is 12.0. The fourth-order valence-electron chi connectivity index (χ4n) is 1.98. The van der Waals surface area contributed by atoms with E-state index in [-0.39, 0.29) is 11.0 Å². The second-order valence-corrected chi connectivity index (χ2v) is 9.46. The van der Waals surface area contributed by atoms with Crippen molar-refractivity contribution < 1.29 is 25.6 Å². The molecule has 0 aliphatic heterocycles. The molecule has 3 N–H and O–H groups in total. The summed E-state index contributed by atoms with van der Waals surface area (Å²) in [6, 6.07) is 0. The Kier molecular flexibility index (Phi) is 17.3. The molecule has 0 aromatic rings. The Balaban J connectivity index is 0. The van der Waals surface area contributed by atoms with Crippen LogP contribution in [0.4, 0.5) is 0 Å². The van der Waals surface area contributed by atoms with Crippen LogP contribution in [0.1, 0.15) is 78.6 Å². The van der Waals surface area contributed by atoms with Crippen molar-refractivity contribution in [2.75, 3.05) is 18.9 Å². The van der Waals surface area contributed by atoms with Crippen molar-refractivity contribution in [1.29, 1.82) is 0 Å². The van der Waals surface area contributed by atoms with Gasteiger partial charge < -0.3 is 5.73 Å². The van der Waals surface area contributed by atoms with Gasteiger partial charge in [0, 0.05) is 0 Å². The third kappa shape index (κ3) is 18.4. The van der Waals surface area contributed by atoms with Gasteiger partial charge >= 0.3 is 0 Å². The second kappa shape index (κ2) is 16.0. The average Bonchev–Trinajstić information content (AvgIpc) is 2.53. The van der Waals surface area contributed by atoms with Crippen molar-refractivity contribution >= 4 is 20.2 Å². The first kappa shape index (κ1) is 27.0. The molecule has 7 nitrogen and oxygen atoms in total. The molecule has 0 fully saturated rings. The molecule has 0 heterocycles. The topological polar surface area (TPSA) is 124 Å². The Morgan fingerprint density at radius 1 is 0.880 bits per heavy atom. The van der Waals surface area contributed by atoms with E-state index in [2.05, 4.69) is 13.8 Å². The smallest absolute Gasteiger partial charge is 0.270 e. The summed E-state index contributed by atoms with van der Waals surface area (Å²) in [5.41, 5.74) is 4.96. The molecule has 0 radical (unpaired) electrons. The lowest BCUT2D eigenvalue weighted by atomic mass is 10.1. The minimum Gasteiger partial charge on any atom is -0.330 e. The predicted octanol–water partition coefficient (Wildman–Crippen LogP) is 3.10. The highest BCUT2D eigenvalue weighted by Crippen LogP contribution is 2.19. The van der Waals surface area contributed by atoms with Gasteiger partial charge in [-0.15, -0.1) is 0 Å². The van der Waals surface area contributed by atoms with Crippen LogP contribution in [0.25, 0.3) is 0 Å². The molecule has 0 aromatic carbocycles. The molecule has 0 rings (SSSR count). The third-order valence-corrected chi connectivity index (χ3v) is 6.11. The van der Waals surface area contributed by atoms with Gasteiger partial charge in [0.2, 0.25) is 0 Å². The summed E-state index contributed by atoms with van der Waals surface area (Å²) in [5.74, 6) is -0.233. The highest BCUT2D eigenvalue weighted by atomic mass is 32.2. The second-order valence-electron chi connectivity index (χ2n) is 6.00. The first-order valence-electron chi connectivity index (χ1n) is 9.18. The van der Waals surface area contributed by atoms with E-state index in [1.807, 2.05) is 6.92 Å². The van der Waals surface area contributed by atoms with Crippen LogP contribution in [0.15, 0.2) is 0 Å². The molecule has 0 aliphatic carbocycles. The molecule has 9 heteroatoms. The normalized spacial score (nSPS) is 12.1. The maximum Gasteiger partial charge on any atom is 0.270 e. The molecule has 0 unspecified atom stereocenters. The fraction of sp³-hybridized carbons (Fsp3) is 1.00. The van der Waals surface area contributed by atoms with Gasteiger partial charge in [-0.1, -0.05) is 52.9 Å². The summed E-state index contributed by atoms with van der Waals surface area (Å²) >= 11 is 0. The summed E-state index contributed by atoms with van der Waals surface area (Å²) < 4.78 is 56.9. The van der Waals surface area contributed by atoms with Crippen molar-refractivity contribution in [2.45, 2.75) is 83.8 Å². The zero-order valence-electron chi connectivity index (χ0n) is 15.9. The molecular formula is C16H37NO6S2. The van der Waals surface area contributed by atoms with Crippen molar-refractivity contribution in [2.24, 2.45) is 5.73 Å². The van der Waals surface area contributed by atoms with E-state index in [4.69, 9.17) is 14.5 Å². The highest BCUT2D eigenvalue weighted by Gasteiger charge is 2.25. The van der Waals surface area contributed by atoms with E-state index in [1.54, 1.807) is 0 Å². The lowest BCUT2D eigenvalue weighted by molar-refractivity contribution is 0.301. The summed E-state index contributed by atoms with van der Waals surface area (Å²) in [7, 11) is -7.11. The SMILES string of the molecule is CCCCOS(=O)(=O)C(CCCC)CCCC.NCCCS(=O)(=O)O. The molecule has 0 aromatic heterocycles. The van der Waals surface area contributed by atoms with Gasteiger partial charge in [-0.25, -0.2) is 0 Å². The number of hydrogen-bond donors (Lipinski definition) is 2. The standard InChI is InChI=1S/C13H28O3S.C3H9NO3S/c1-4-7-10-13(11-8-5-2)17(14,15)16-12-9-6-3;4-2-1-3-8(5,6)7/h13H,4-12H2,1-3H3;1-4H2,(H,5,6,7). The van der Waals surface area contributed by atoms with E-state index in [0.717, 1.165) is 51.4 Å². The quantitative estimate of drug-likeness (QED) is 0.259. The van der Waals surface area contributed by atoms with E-state index in [0.29, 0.717) is 19.6 Å². The average molecular weight is 404 g/mol. The number of nitrogens with two attached hydrogens (primary N) is 1. The molecule has 25 heavy (non-hydrogen) atoms. The Morgan fingerprint density at radius 3 is 1.68 bits per heavy atom. The molecule has 154 valence electrons. The zero-order valence-corrected chi connectivity index (χ0v) is 17.6. The van der Waals surface area contributed by atoms with Gasteiger partial charge in [0.05, 0.1) is 17.6 Å². The zero-order chi connectivity index (χ0) is 19.8. The van der Waals surface area contributed by atoms with Crippen LogP contribution < -0.4 is 5.73 Å². The largest absolute Gasteiger partial charge is 0.330 e. The number of hydrogen-bond acceptors (Lipinski definition) is 6. The maximum atomic E-state index is 12.0. The Morgan fingerprint density at radius 2 is 1.36 bits per heavy atom. The van der Waals surface area contributed by atoms with Crippen LogP contribution in [0.5, 0.6) is 0 Å².